The van der Waals surface area contributed by atoms with Crippen molar-refractivity contribution in [3.63, 3.8) is 0 Å². The van der Waals surface area contributed by atoms with Gasteiger partial charge in [-0.25, -0.2) is 4.98 Å². The van der Waals surface area contributed by atoms with Crippen molar-refractivity contribution in [2.45, 2.75) is 6.92 Å². The number of fused-ring (bicyclic) bond motifs is 1. The molecule has 0 radical (unpaired) electrons. The smallest absolute Gasteiger partial charge is 0.277 e. The van der Waals surface area contributed by atoms with E-state index in [1.165, 1.54) is 4.68 Å². The second-order valence-corrected chi connectivity index (χ2v) is 4.29. The molecule has 0 bridgehead atoms. The summed E-state index contributed by atoms with van der Waals surface area (Å²) in [6.07, 6.45) is 1.56. The summed E-state index contributed by atoms with van der Waals surface area (Å²) in [6.45, 7) is 1.89. The second-order valence-electron chi connectivity index (χ2n) is 4.29. The lowest BCUT2D eigenvalue weighted by molar-refractivity contribution is 0.102. The molecule has 0 saturated carbocycles. The van der Waals surface area contributed by atoms with E-state index in [0.717, 1.165) is 16.9 Å². The maximum absolute atomic E-state index is 11.9. The van der Waals surface area contributed by atoms with Gasteiger partial charge in [-0.15, -0.1) is 5.10 Å². The molecule has 0 fully saturated rings. The van der Waals surface area contributed by atoms with Crippen LogP contribution in [0.2, 0.25) is 0 Å². The summed E-state index contributed by atoms with van der Waals surface area (Å²) in [6, 6.07) is 5.49. The van der Waals surface area contributed by atoms with Gasteiger partial charge in [0.2, 0.25) is 0 Å². The van der Waals surface area contributed by atoms with Crippen LogP contribution in [-0.4, -0.2) is 30.9 Å². The Kier molecular flexibility index (Phi) is 2.52. The largest absolute Gasteiger partial charge is 0.342 e. The van der Waals surface area contributed by atoms with Gasteiger partial charge in [0.15, 0.2) is 5.69 Å². The molecule has 0 aliphatic rings. The molecule has 19 heavy (non-hydrogen) atoms. The van der Waals surface area contributed by atoms with Crippen molar-refractivity contribution in [2.75, 3.05) is 5.32 Å². The number of benzene rings is 1. The van der Waals surface area contributed by atoms with Crippen molar-refractivity contribution in [1.82, 2.24) is 25.0 Å². The number of H-pyrrole nitrogens is 1. The first-order chi connectivity index (χ1) is 9.11. The minimum atomic E-state index is -0.288. The van der Waals surface area contributed by atoms with Gasteiger partial charge in [-0.2, -0.15) is 0 Å². The molecule has 2 N–H and O–H groups in total. The number of aryl methyl sites for hydroxylation is 2. The highest BCUT2D eigenvalue weighted by Gasteiger charge is 2.10. The summed E-state index contributed by atoms with van der Waals surface area (Å²) in [4.78, 5) is 19.3. The topological polar surface area (TPSA) is 88.5 Å². The standard InChI is InChI=1S/C12H12N6O/c1-7-13-9-4-3-8(5-10(9)14-7)15-12(19)11-6-18(2)17-16-11/h3-6H,1-2H3,(H,13,14)(H,15,19). The Morgan fingerprint density at radius 2 is 2.26 bits per heavy atom. The molecule has 96 valence electrons. The van der Waals surface area contributed by atoms with Crippen LogP contribution in [0.5, 0.6) is 0 Å². The minimum absolute atomic E-state index is 0.281. The monoisotopic (exact) mass is 256 g/mol. The van der Waals surface area contributed by atoms with Crippen molar-refractivity contribution in [3.05, 3.63) is 35.9 Å². The molecule has 0 atom stereocenters. The second kappa shape index (κ2) is 4.20. The molecule has 0 unspecified atom stereocenters. The van der Waals surface area contributed by atoms with E-state index in [1.807, 2.05) is 19.1 Å². The lowest BCUT2D eigenvalue weighted by atomic mass is 10.2. The molecular weight excluding hydrogens is 244 g/mol. The summed E-state index contributed by atoms with van der Waals surface area (Å²) in [7, 11) is 1.71. The zero-order valence-corrected chi connectivity index (χ0v) is 10.5. The SMILES string of the molecule is Cc1nc2ccc(NC(=O)c3cn(C)nn3)cc2[nH]1. The predicted molar refractivity (Wildman–Crippen MR) is 69.8 cm³/mol. The van der Waals surface area contributed by atoms with Crippen LogP contribution in [-0.2, 0) is 7.05 Å². The zero-order chi connectivity index (χ0) is 13.4. The van der Waals surface area contributed by atoms with E-state index < -0.39 is 0 Å². The maximum atomic E-state index is 11.9. The van der Waals surface area contributed by atoms with Crippen molar-refractivity contribution in [1.29, 1.82) is 0 Å². The number of carbonyl (C=O) groups is 1. The van der Waals surface area contributed by atoms with Crippen LogP contribution in [0.25, 0.3) is 11.0 Å². The normalized spacial score (nSPS) is 10.8. The van der Waals surface area contributed by atoms with Crippen LogP contribution in [0.15, 0.2) is 24.4 Å². The van der Waals surface area contributed by atoms with Gasteiger partial charge in [-0.05, 0) is 25.1 Å². The van der Waals surface area contributed by atoms with Gasteiger partial charge in [-0.1, -0.05) is 5.21 Å². The van der Waals surface area contributed by atoms with Gasteiger partial charge in [-0.3, -0.25) is 9.48 Å². The number of nitrogens with one attached hydrogen (secondary N) is 2. The van der Waals surface area contributed by atoms with Gasteiger partial charge in [0.05, 0.1) is 17.2 Å². The van der Waals surface area contributed by atoms with Gasteiger partial charge in [0.1, 0.15) is 5.82 Å². The first kappa shape index (κ1) is 11.4. The van der Waals surface area contributed by atoms with Gasteiger partial charge in [0, 0.05) is 12.7 Å². The summed E-state index contributed by atoms with van der Waals surface area (Å²) in [5.74, 6) is 0.552. The number of nitrogens with zero attached hydrogens (tertiary/aromatic N) is 4. The molecule has 0 aliphatic carbocycles. The van der Waals surface area contributed by atoms with Crippen molar-refractivity contribution in [3.8, 4) is 0 Å². The number of hydrogen-bond acceptors (Lipinski definition) is 4. The highest BCUT2D eigenvalue weighted by molar-refractivity contribution is 6.03. The quantitative estimate of drug-likeness (QED) is 0.722. The molecule has 0 spiro atoms. The summed E-state index contributed by atoms with van der Waals surface area (Å²) >= 11 is 0. The number of aromatic amines is 1. The average Bonchev–Trinajstić information content (AvgIpc) is 2.93. The third-order valence-corrected chi connectivity index (χ3v) is 2.69. The molecule has 1 aromatic carbocycles. The summed E-state index contributed by atoms with van der Waals surface area (Å²) < 4.78 is 1.48. The third kappa shape index (κ3) is 2.17. The van der Waals surface area contributed by atoms with Gasteiger partial charge < -0.3 is 10.3 Å². The number of anilines is 1. The van der Waals surface area contributed by atoms with E-state index in [1.54, 1.807) is 19.3 Å². The summed E-state index contributed by atoms with van der Waals surface area (Å²) in [5.41, 5.74) is 2.72. The van der Waals surface area contributed by atoms with Crippen molar-refractivity contribution >= 4 is 22.6 Å². The Balaban J connectivity index is 1.86. The molecule has 0 aliphatic heterocycles. The predicted octanol–water partition coefficient (Wildman–Crippen LogP) is 1.25. The highest BCUT2D eigenvalue weighted by atomic mass is 16.2. The Morgan fingerprint density at radius 3 is 3.00 bits per heavy atom. The van der Waals surface area contributed by atoms with Crippen LogP contribution in [0.4, 0.5) is 5.69 Å². The Labute approximate surface area is 108 Å². The number of imidazole rings is 1. The Morgan fingerprint density at radius 1 is 1.42 bits per heavy atom. The van der Waals surface area contributed by atoms with E-state index in [9.17, 15) is 4.79 Å². The van der Waals surface area contributed by atoms with E-state index in [2.05, 4.69) is 25.6 Å². The van der Waals surface area contributed by atoms with Gasteiger partial charge >= 0.3 is 0 Å². The van der Waals surface area contributed by atoms with E-state index in [-0.39, 0.29) is 11.6 Å². The lowest BCUT2D eigenvalue weighted by Gasteiger charge is -2.02. The van der Waals surface area contributed by atoms with Crippen LogP contribution >= 0.6 is 0 Å². The maximum Gasteiger partial charge on any atom is 0.277 e. The first-order valence-corrected chi connectivity index (χ1v) is 5.76. The highest BCUT2D eigenvalue weighted by Crippen LogP contribution is 2.17. The zero-order valence-electron chi connectivity index (χ0n) is 10.5. The lowest BCUT2D eigenvalue weighted by Crippen LogP contribution is -2.12. The molecule has 3 rings (SSSR count). The van der Waals surface area contributed by atoms with Crippen LogP contribution < -0.4 is 5.32 Å². The fourth-order valence-corrected chi connectivity index (χ4v) is 1.86. The molecular formula is C12H12N6O. The fourth-order valence-electron chi connectivity index (χ4n) is 1.86. The Hall–Kier alpha value is -2.70. The van der Waals surface area contributed by atoms with E-state index >= 15 is 0 Å². The molecule has 2 heterocycles. The number of hydrogen-bond donors (Lipinski definition) is 2. The number of carbonyl (C=O) groups excluding carboxylic acids is 1. The van der Waals surface area contributed by atoms with Crippen LogP contribution in [0, 0.1) is 6.92 Å². The molecule has 2 aromatic heterocycles. The fraction of sp³-hybridized carbons (Fsp3) is 0.167. The molecule has 3 aromatic rings. The summed E-state index contributed by atoms with van der Waals surface area (Å²) in [5, 5.41) is 10.3. The number of aromatic nitrogens is 5. The average molecular weight is 256 g/mol. The van der Waals surface area contributed by atoms with Crippen molar-refractivity contribution in [2.24, 2.45) is 7.05 Å². The first-order valence-electron chi connectivity index (χ1n) is 5.76. The van der Waals surface area contributed by atoms with E-state index in [0.29, 0.717) is 5.69 Å². The third-order valence-electron chi connectivity index (χ3n) is 2.69. The van der Waals surface area contributed by atoms with Crippen molar-refractivity contribution < 1.29 is 4.79 Å². The molecule has 7 heteroatoms. The Bertz CT molecular complexity index is 757. The van der Waals surface area contributed by atoms with Gasteiger partial charge in [0.25, 0.3) is 5.91 Å². The van der Waals surface area contributed by atoms with Crippen LogP contribution in [0.3, 0.4) is 0 Å². The molecule has 0 saturated heterocycles. The molecule has 1 amide bonds. The number of rotatable bonds is 2. The minimum Gasteiger partial charge on any atom is -0.342 e. The molecule has 7 nitrogen and oxygen atoms in total. The number of amides is 1. The van der Waals surface area contributed by atoms with Crippen LogP contribution in [0.1, 0.15) is 16.3 Å². The van der Waals surface area contributed by atoms with E-state index in [4.69, 9.17) is 0 Å².